The van der Waals surface area contributed by atoms with Crippen molar-refractivity contribution < 1.29 is 14.3 Å². The number of aromatic nitrogens is 1. The molecule has 2 aromatic heterocycles. The number of ether oxygens (including phenoxy) is 1. The first kappa shape index (κ1) is 22.7. The van der Waals surface area contributed by atoms with Gasteiger partial charge in [-0.1, -0.05) is 26.0 Å². The standard InChI is InChI=1S/C27H29N3O3S/c1-27(2)15-20-23(26(30-9-11-33-12-10-30)34-24(20)22(31)16-27)18-7-8-29-21(14-18)17-5-4-6-19(13-17)25(32)28-3/h4-8,13-14H,9-12,15-16H2,1-3H3,(H,28,32). The highest BCUT2D eigenvalue weighted by atomic mass is 32.1. The van der Waals surface area contributed by atoms with Crippen molar-refractivity contribution in [2.75, 3.05) is 38.3 Å². The Morgan fingerprint density at radius 3 is 2.68 bits per heavy atom. The molecular formula is C27H29N3O3S. The summed E-state index contributed by atoms with van der Waals surface area (Å²) in [7, 11) is 1.63. The van der Waals surface area contributed by atoms with E-state index < -0.39 is 0 Å². The minimum Gasteiger partial charge on any atom is -0.378 e. The molecule has 34 heavy (non-hydrogen) atoms. The Labute approximate surface area is 204 Å². The zero-order valence-electron chi connectivity index (χ0n) is 19.8. The Morgan fingerprint density at radius 2 is 1.91 bits per heavy atom. The first-order chi connectivity index (χ1) is 16.4. The van der Waals surface area contributed by atoms with Crippen LogP contribution in [0.1, 0.15) is 45.9 Å². The number of carbonyl (C=O) groups is 2. The molecule has 3 aromatic rings. The lowest BCUT2D eigenvalue weighted by atomic mass is 9.75. The Balaban J connectivity index is 1.64. The SMILES string of the molecule is CNC(=O)c1cccc(-c2cc(-c3c(N4CCOCC4)sc4c3CC(C)(C)CC4=O)ccn2)c1. The van der Waals surface area contributed by atoms with Gasteiger partial charge in [-0.3, -0.25) is 14.6 Å². The molecule has 6 nitrogen and oxygen atoms in total. The van der Waals surface area contributed by atoms with E-state index in [1.54, 1.807) is 24.5 Å². The van der Waals surface area contributed by atoms with E-state index in [1.807, 2.05) is 30.5 Å². The molecule has 1 saturated heterocycles. The first-order valence-electron chi connectivity index (χ1n) is 11.7. The molecule has 3 heterocycles. The number of hydrogen-bond donors (Lipinski definition) is 1. The van der Waals surface area contributed by atoms with Crippen LogP contribution < -0.4 is 10.2 Å². The van der Waals surface area contributed by atoms with Crippen molar-refractivity contribution >= 4 is 28.0 Å². The van der Waals surface area contributed by atoms with Crippen LogP contribution in [0.4, 0.5) is 5.00 Å². The normalized spacial score (nSPS) is 17.4. The van der Waals surface area contributed by atoms with Crippen molar-refractivity contribution in [1.29, 1.82) is 0 Å². The zero-order chi connectivity index (χ0) is 23.9. The van der Waals surface area contributed by atoms with Crippen LogP contribution in [0.15, 0.2) is 42.6 Å². The van der Waals surface area contributed by atoms with Gasteiger partial charge in [-0.2, -0.15) is 0 Å². The number of fused-ring (bicyclic) bond motifs is 1. The van der Waals surface area contributed by atoms with Gasteiger partial charge in [0.1, 0.15) is 0 Å². The van der Waals surface area contributed by atoms with Crippen molar-refractivity contribution in [2.45, 2.75) is 26.7 Å². The highest BCUT2D eigenvalue weighted by molar-refractivity contribution is 7.19. The number of morpholine rings is 1. The van der Waals surface area contributed by atoms with Gasteiger partial charge in [0.2, 0.25) is 0 Å². The fraction of sp³-hybridized carbons (Fsp3) is 0.370. The number of ketones is 1. The quantitative estimate of drug-likeness (QED) is 0.585. The number of Topliss-reactive ketones (excluding diaryl/α,β-unsaturated/α-hetero) is 1. The fourth-order valence-electron chi connectivity index (χ4n) is 4.90. The number of hydrogen-bond acceptors (Lipinski definition) is 6. The predicted molar refractivity (Wildman–Crippen MR) is 136 cm³/mol. The summed E-state index contributed by atoms with van der Waals surface area (Å²) in [6.07, 6.45) is 3.27. The summed E-state index contributed by atoms with van der Waals surface area (Å²) in [4.78, 5) is 33.1. The highest BCUT2D eigenvalue weighted by Crippen LogP contribution is 2.49. The molecule has 1 amide bonds. The van der Waals surface area contributed by atoms with Crippen molar-refractivity contribution in [3.05, 3.63) is 58.6 Å². The number of benzene rings is 1. The predicted octanol–water partition coefficient (Wildman–Crippen LogP) is 4.83. The van der Waals surface area contributed by atoms with Gasteiger partial charge in [0, 0.05) is 49.4 Å². The smallest absolute Gasteiger partial charge is 0.251 e. The third kappa shape index (κ3) is 4.26. The molecule has 7 heteroatoms. The number of carbonyl (C=O) groups excluding carboxylic acids is 2. The van der Waals surface area contributed by atoms with E-state index in [4.69, 9.17) is 4.74 Å². The lowest BCUT2D eigenvalue weighted by Gasteiger charge is -2.30. The van der Waals surface area contributed by atoms with E-state index in [2.05, 4.69) is 35.1 Å². The lowest BCUT2D eigenvalue weighted by Crippen LogP contribution is -2.36. The average molecular weight is 476 g/mol. The second-order valence-corrected chi connectivity index (χ2v) is 10.7. The minimum atomic E-state index is -0.125. The van der Waals surface area contributed by atoms with Gasteiger partial charge < -0.3 is 15.0 Å². The largest absolute Gasteiger partial charge is 0.378 e. The van der Waals surface area contributed by atoms with Crippen LogP contribution in [0.5, 0.6) is 0 Å². The second-order valence-electron chi connectivity index (χ2n) is 9.72. The van der Waals surface area contributed by atoms with Crippen LogP contribution in [0.25, 0.3) is 22.4 Å². The number of amides is 1. The number of thiophene rings is 1. The lowest BCUT2D eigenvalue weighted by molar-refractivity contribution is 0.0916. The number of nitrogens with zero attached hydrogens (tertiary/aromatic N) is 2. The van der Waals surface area contributed by atoms with Crippen LogP contribution >= 0.6 is 11.3 Å². The van der Waals surface area contributed by atoms with Gasteiger partial charge in [0.15, 0.2) is 5.78 Å². The van der Waals surface area contributed by atoms with E-state index in [-0.39, 0.29) is 17.1 Å². The molecule has 1 fully saturated rings. The minimum absolute atomic E-state index is 0.0696. The molecule has 0 atom stereocenters. The number of pyridine rings is 1. The van der Waals surface area contributed by atoms with E-state index >= 15 is 0 Å². The van der Waals surface area contributed by atoms with Crippen LogP contribution in [0, 0.1) is 5.41 Å². The number of rotatable bonds is 4. The topological polar surface area (TPSA) is 71.5 Å². The molecule has 176 valence electrons. The van der Waals surface area contributed by atoms with Crippen LogP contribution in [0.2, 0.25) is 0 Å². The van der Waals surface area contributed by atoms with Gasteiger partial charge in [-0.25, -0.2) is 0 Å². The average Bonchev–Trinajstić information content (AvgIpc) is 3.23. The maximum atomic E-state index is 13.1. The van der Waals surface area contributed by atoms with Crippen LogP contribution in [-0.2, 0) is 11.2 Å². The van der Waals surface area contributed by atoms with Gasteiger partial charge in [-0.05, 0) is 47.2 Å². The summed E-state index contributed by atoms with van der Waals surface area (Å²) in [5.74, 6) is 0.116. The molecule has 0 spiro atoms. The molecule has 0 saturated carbocycles. The summed E-state index contributed by atoms with van der Waals surface area (Å²) < 4.78 is 5.59. The first-order valence-corrected chi connectivity index (χ1v) is 12.5. The zero-order valence-corrected chi connectivity index (χ0v) is 20.6. The van der Waals surface area contributed by atoms with E-state index in [0.29, 0.717) is 25.2 Å². The van der Waals surface area contributed by atoms with Gasteiger partial charge >= 0.3 is 0 Å². The van der Waals surface area contributed by atoms with Gasteiger partial charge in [-0.15, -0.1) is 11.3 Å². The summed E-state index contributed by atoms with van der Waals surface area (Å²) in [5, 5.41) is 3.83. The molecule has 1 aromatic carbocycles. The van der Waals surface area contributed by atoms with E-state index in [1.165, 1.54) is 0 Å². The Bertz CT molecular complexity index is 1260. The third-order valence-electron chi connectivity index (χ3n) is 6.53. The summed E-state index contributed by atoms with van der Waals surface area (Å²) in [6.45, 7) is 7.36. The van der Waals surface area contributed by atoms with Crippen molar-refractivity contribution in [1.82, 2.24) is 10.3 Å². The van der Waals surface area contributed by atoms with Crippen molar-refractivity contribution in [3.63, 3.8) is 0 Å². The number of anilines is 1. The molecular weight excluding hydrogens is 446 g/mol. The van der Waals surface area contributed by atoms with Crippen molar-refractivity contribution in [3.8, 4) is 22.4 Å². The van der Waals surface area contributed by atoms with Gasteiger partial charge in [0.25, 0.3) is 5.91 Å². The summed E-state index contributed by atoms with van der Waals surface area (Å²) >= 11 is 1.63. The van der Waals surface area contributed by atoms with Gasteiger partial charge in [0.05, 0.1) is 28.8 Å². The third-order valence-corrected chi connectivity index (χ3v) is 7.86. The fourth-order valence-corrected chi connectivity index (χ4v) is 6.23. The highest BCUT2D eigenvalue weighted by Gasteiger charge is 2.37. The monoisotopic (exact) mass is 475 g/mol. The Morgan fingerprint density at radius 1 is 1.12 bits per heavy atom. The maximum Gasteiger partial charge on any atom is 0.251 e. The summed E-state index contributed by atoms with van der Waals surface area (Å²) in [5.41, 5.74) is 5.58. The molecule has 0 bridgehead atoms. The van der Waals surface area contributed by atoms with Crippen molar-refractivity contribution in [2.24, 2.45) is 5.41 Å². The maximum absolute atomic E-state index is 13.1. The molecule has 1 aliphatic carbocycles. The Kier molecular flexibility index (Phi) is 6.00. The van der Waals surface area contributed by atoms with Crippen LogP contribution in [0.3, 0.4) is 0 Å². The van der Waals surface area contributed by atoms with Crippen LogP contribution in [-0.4, -0.2) is 50.0 Å². The van der Waals surface area contributed by atoms with E-state index in [9.17, 15) is 9.59 Å². The summed E-state index contributed by atoms with van der Waals surface area (Å²) in [6, 6.07) is 11.6. The molecule has 1 N–H and O–H groups in total. The second kappa shape index (κ2) is 8.96. The van der Waals surface area contributed by atoms with E-state index in [0.717, 1.165) is 57.3 Å². The number of nitrogens with one attached hydrogen (secondary N) is 1. The molecule has 1 aliphatic heterocycles. The molecule has 0 unspecified atom stereocenters. The molecule has 0 radical (unpaired) electrons. The Hall–Kier alpha value is -3.03. The molecule has 2 aliphatic rings. The molecule has 5 rings (SSSR count).